The lowest BCUT2D eigenvalue weighted by molar-refractivity contribution is 0.669. The van der Waals surface area contributed by atoms with Gasteiger partial charge in [0.25, 0.3) is 0 Å². The molecule has 6 aromatic carbocycles. The largest absolute Gasteiger partial charge is 0.456 e. The Morgan fingerprint density at radius 3 is 2.23 bits per heavy atom. The van der Waals surface area contributed by atoms with Gasteiger partial charge in [-0.2, -0.15) is 0 Å². The molecule has 2 aliphatic heterocycles. The van der Waals surface area contributed by atoms with Crippen molar-refractivity contribution in [1.29, 1.82) is 0 Å². The minimum Gasteiger partial charge on any atom is -0.456 e. The first-order valence-electron chi connectivity index (χ1n) is 17.8. The maximum atomic E-state index is 6.76. The molecule has 0 atom stereocenters. The molecule has 48 heavy (non-hydrogen) atoms. The lowest BCUT2D eigenvalue weighted by atomic mass is 9.45. The van der Waals surface area contributed by atoms with Crippen molar-refractivity contribution in [3.8, 4) is 11.1 Å². The lowest BCUT2D eigenvalue weighted by Gasteiger charge is -2.41. The Kier molecular flexibility index (Phi) is 6.18. The number of anilines is 3. The van der Waals surface area contributed by atoms with E-state index in [-0.39, 0.29) is 6.85 Å². The van der Waals surface area contributed by atoms with Crippen LogP contribution in [-0.4, -0.2) is 11.3 Å². The smallest absolute Gasteiger partial charge is 0.333 e. The molecule has 2 aromatic heterocycles. The van der Waals surface area contributed by atoms with Gasteiger partial charge in [-0.1, -0.05) is 106 Å². The quantitative estimate of drug-likeness (QED) is 0.165. The first-order valence-corrected chi connectivity index (χ1v) is 17.8. The minimum absolute atomic E-state index is 0.0279. The SMILES string of the molecule is CCCCc1cccc(N2c3cc(CCCC)ccc3B3c4c(cc5oc6ccccc6c5c42)-c2cccc4c5ccccc5n3c24)c1. The van der Waals surface area contributed by atoms with Gasteiger partial charge in [-0.25, -0.2) is 0 Å². The summed E-state index contributed by atoms with van der Waals surface area (Å²) < 4.78 is 9.41. The van der Waals surface area contributed by atoms with Gasteiger partial charge in [-0.3, -0.25) is 0 Å². The predicted molar refractivity (Wildman–Crippen MR) is 204 cm³/mol. The van der Waals surface area contributed by atoms with E-state index in [0.717, 1.165) is 24.0 Å². The molecule has 10 rings (SSSR count). The Labute approximate surface area is 281 Å². The van der Waals surface area contributed by atoms with Crippen LogP contribution in [0.15, 0.2) is 120 Å². The maximum Gasteiger partial charge on any atom is 0.333 e. The highest BCUT2D eigenvalue weighted by atomic mass is 16.3. The number of unbranched alkanes of at least 4 members (excludes halogenated alkanes) is 2. The Hall–Kier alpha value is -5.22. The molecule has 0 amide bonds. The number of rotatable bonds is 7. The average molecular weight is 621 g/mol. The van der Waals surface area contributed by atoms with Crippen LogP contribution >= 0.6 is 0 Å². The van der Waals surface area contributed by atoms with Crippen LogP contribution in [0.4, 0.5) is 17.1 Å². The Morgan fingerprint density at radius 1 is 0.625 bits per heavy atom. The van der Waals surface area contributed by atoms with Crippen LogP contribution in [0.25, 0.3) is 54.9 Å². The van der Waals surface area contributed by atoms with Crippen molar-refractivity contribution in [3.05, 3.63) is 126 Å². The third-order valence-corrected chi connectivity index (χ3v) is 10.9. The molecule has 0 spiro atoms. The van der Waals surface area contributed by atoms with Gasteiger partial charge in [0.05, 0.1) is 11.1 Å². The second-order valence-electron chi connectivity index (χ2n) is 13.8. The van der Waals surface area contributed by atoms with Gasteiger partial charge in [-0.15, -0.1) is 0 Å². The molecule has 8 aromatic rings. The van der Waals surface area contributed by atoms with Gasteiger partial charge in [0.2, 0.25) is 0 Å². The number of furan rings is 1. The summed E-state index contributed by atoms with van der Waals surface area (Å²) in [6.07, 6.45) is 6.90. The van der Waals surface area contributed by atoms with E-state index in [1.54, 1.807) is 0 Å². The van der Waals surface area contributed by atoms with Crippen LogP contribution in [0.5, 0.6) is 0 Å². The number of fused-ring (bicyclic) bond motifs is 11. The van der Waals surface area contributed by atoms with Crippen LogP contribution < -0.4 is 15.8 Å². The second kappa shape index (κ2) is 10.7. The van der Waals surface area contributed by atoms with Gasteiger partial charge < -0.3 is 13.8 Å². The summed E-state index contributed by atoms with van der Waals surface area (Å²) in [7, 11) is 0. The Bertz CT molecular complexity index is 2570. The van der Waals surface area contributed by atoms with Crippen molar-refractivity contribution in [3.63, 3.8) is 0 Å². The standard InChI is InChI=1S/C44H37BN2O/c1-3-5-13-28-15-11-16-30(25-28)46-38-26-29(14-6-4-2)23-24-36(38)45-42-35(27-40-41(44(42)46)34-18-8-10-22-39(34)48-40)33-20-12-19-32-31-17-7-9-21-37(31)47(45)43(32)33/h7-12,15-27H,3-6,13-14H2,1-2H3. The van der Waals surface area contributed by atoms with E-state index in [1.807, 2.05) is 0 Å². The van der Waals surface area contributed by atoms with Crippen molar-refractivity contribution in [2.45, 2.75) is 52.4 Å². The highest BCUT2D eigenvalue weighted by molar-refractivity contribution is 6.90. The van der Waals surface area contributed by atoms with Crippen LogP contribution in [-0.2, 0) is 12.8 Å². The molecule has 0 bridgehead atoms. The van der Waals surface area contributed by atoms with Crippen molar-refractivity contribution in [2.24, 2.45) is 0 Å². The van der Waals surface area contributed by atoms with E-state index in [9.17, 15) is 0 Å². The van der Waals surface area contributed by atoms with Crippen molar-refractivity contribution >= 4 is 78.6 Å². The highest BCUT2D eigenvalue weighted by Gasteiger charge is 2.44. The molecule has 0 unspecified atom stereocenters. The van der Waals surface area contributed by atoms with Gasteiger partial charge >= 0.3 is 6.85 Å². The van der Waals surface area contributed by atoms with E-state index < -0.39 is 0 Å². The molecule has 0 saturated carbocycles. The maximum absolute atomic E-state index is 6.76. The Morgan fingerprint density at radius 2 is 1.38 bits per heavy atom. The van der Waals surface area contributed by atoms with Crippen LogP contribution in [0.2, 0.25) is 0 Å². The fourth-order valence-corrected chi connectivity index (χ4v) is 8.75. The van der Waals surface area contributed by atoms with E-state index in [0.29, 0.717) is 0 Å². The number of nitrogens with zero attached hydrogens (tertiary/aromatic N) is 2. The zero-order valence-electron chi connectivity index (χ0n) is 27.6. The zero-order chi connectivity index (χ0) is 31.9. The summed E-state index contributed by atoms with van der Waals surface area (Å²) in [5.41, 5.74) is 16.3. The molecule has 4 heteroatoms. The molecule has 3 nitrogen and oxygen atoms in total. The van der Waals surface area contributed by atoms with E-state index in [1.165, 1.54) is 109 Å². The molecule has 0 aliphatic carbocycles. The number of benzene rings is 6. The monoisotopic (exact) mass is 620 g/mol. The van der Waals surface area contributed by atoms with Gasteiger partial charge in [0.1, 0.15) is 11.2 Å². The summed E-state index contributed by atoms with van der Waals surface area (Å²) in [5.74, 6) is 0. The molecule has 0 radical (unpaired) electrons. The number of hydrogen-bond donors (Lipinski definition) is 0. The van der Waals surface area contributed by atoms with Crippen molar-refractivity contribution in [1.82, 2.24) is 4.48 Å². The fraction of sp³-hybridized carbons (Fsp3) is 0.182. The number of aryl methyl sites for hydroxylation is 2. The molecule has 0 fully saturated rings. The molecule has 232 valence electrons. The number of para-hydroxylation sites is 3. The molecular formula is C44H37BN2O. The third-order valence-electron chi connectivity index (χ3n) is 10.9. The summed E-state index contributed by atoms with van der Waals surface area (Å²) in [6.45, 7) is 4.59. The topological polar surface area (TPSA) is 21.3 Å². The molecular weight excluding hydrogens is 583 g/mol. The van der Waals surface area contributed by atoms with Crippen molar-refractivity contribution < 1.29 is 4.42 Å². The molecule has 0 N–H and O–H groups in total. The summed E-state index contributed by atoms with van der Waals surface area (Å²) >= 11 is 0. The fourth-order valence-electron chi connectivity index (χ4n) is 8.75. The first kappa shape index (κ1) is 27.9. The zero-order valence-corrected chi connectivity index (χ0v) is 27.6. The summed E-state index contributed by atoms with van der Waals surface area (Å²) in [5, 5.41) is 4.99. The number of hydrogen-bond acceptors (Lipinski definition) is 2. The number of aromatic nitrogens is 1. The molecule has 0 saturated heterocycles. The molecule has 4 heterocycles. The summed E-state index contributed by atoms with van der Waals surface area (Å²) in [6, 6.07) is 43.4. The third kappa shape index (κ3) is 3.83. The Balaban J connectivity index is 1.39. The van der Waals surface area contributed by atoms with Crippen LogP contribution in [0.3, 0.4) is 0 Å². The first-order chi connectivity index (χ1) is 23.7. The van der Waals surface area contributed by atoms with Gasteiger partial charge in [0, 0.05) is 44.1 Å². The lowest BCUT2D eigenvalue weighted by Crippen LogP contribution is -2.56. The minimum atomic E-state index is 0.0279. The van der Waals surface area contributed by atoms with E-state index in [2.05, 4.69) is 138 Å². The predicted octanol–water partition coefficient (Wildman–Crippen LogP) is 10.8. The van der Waals surface area contributed by atoms with Crippen LogP contribution in [0, 0.1) is 0 Å². The van der Waals surface area contributed by atoms with Gasteiger partial charge in [-0.05, 0) is 89.7 Å². The highest BCUT2D eigenvalue weighted by Crippen LogP contribution is 2.49. The normalized spacial score (nSPS) is 13.2. The molecule has 2 aliphatic rings. The van der Waals surface area contributed by atoms with E-state index >= 15 is 0 Å². The van der Waals surface area contributed by atoms with Gasteiger partial charge in [0.15, 0.2) is 0 Å². The second-order valence-corrected chi connectivity index (χ2v) is 13.8. The van der Waals surface area contributed by atoms with Crippen LogP contribution in [0.1, 0.15) is 50.7 Å². The summed E-state index contributed by atoms with van der Waals surface area (Å²) in [4.78, 5) is 2.59. The average Bonchev–Trinajstić information content (AvgIpc) is 3.67. The van der Waals surface area contributed by atoms with Crippen molar-refractivity contribution in [2.75, 3.05) is 4.90 Å². The van der Waals surface area contributed by atoms with E-state index in [4.69, 9.17) is 4.42 Å².